The summed E-state index contributed by atoms with van der Waals surface area (Å²) in [7, 11) is 0. The second-order valence-electron chi connectivity index (χ2n) is 5.28. The van der Waals surface area contributed by atoms with Crippen molar-refractivity contribution in [3.05, 3.63) is 45.5 Å². The molecule has 0 amide bonds. The molecule has 0 unspecified atom stereocenters. The SMILES string of the molecule is CC(C)COc1cc(-c2c[nH]c(=O)[nH]c2=O)nn2ccnc12. The summed E-state index contributed by atoms with van der Waals surface area (Å²) in [6, 6.07) is 1.65. The van der Waals surface area contributed by atoms with Crippen molar-refractivity contribution in [2.45, 2.75) is 13.8 Å². The summed E-state index contributed by atoms with van der Waals surface area (Å²) in [6.45, 7) is 4.60. The van der Waals surface area contributed by atoms with E-state index in [1.54, 1.807) is 18.5 Å². The molecule has 0 aliphatic heterocycles. The fourth-order valence-corrected chi connectivity index (χ4v) is 1.98. The minimum Gasteiger partial charge on any atom is -0.489 e. The Kier molecular flexibility index (Phi) is 3.50. The van der Waals surface area contributed by atoms with Crippen LogP contribution in [0.5, 0.6) is 5.75 Å². The van der Waals surface area contributed by atoms with Gasteiger partial charge in [0.2, 0.25) is 0 Å². The van der Waals surface area contributed by atoms with Crippen LogP contribution in [0.1, 0.15) is 13.8 Å². The second kappa shape index (κ2) is 5.47. The van der Waals surface area contributed by atoms with Crippen molar-refractivity contribution >= 4 is 5.65 Å². The monoisotopic (exact) mass is 301 g/mol. The van der Waals surface area contributed by atoms with Gasteiger partial charge in [0.1, 0.15) is 5.69 Å². The number of fused-ring (bicyclic) bond motifs is 1. The number of imidazole rings is 1. The van der Waals surface area contributed by atoms with Crippen LogP contribution in [0.2, 0.25) is 0 Å². The molecule has 3 aromatic rings. The molecular formula is C14H15N5O3. The molecule has 0 saturated carbocycles. The highest BCUT2D eigenvalue weighted by molar-refractivity contribution is 5.64. The number of aromatic nitrogens is 5. The molecule has 0 bridgehead atoms. The zero-order valence-electron chi connectivity index (χ0n) is 12.2. The first-order chi connectivity index (χ1) is 10.5. The predicted octanol–water partition coefficient (Wildman–Crippen LogP) is 0.808. The summed E-state index contributed by atoms with van der Waals surface area (Å²) >= 11 is 0. The summed E-state index contributed by atoms with van der Waals surface area (Å²) in [5, 5.41) is 4.32. The van der Waals surface area contributed by atoms with Gasteiger partial charge in [-0.15, -0.1) is 0 Å². The standard InChI is InChI=1S/C14H15N5O3/c1-8(2)7-22-11-5-10(18-19-4-3-15-12(11)19)9-6-16-14(21)17-13(9)20/h3-6,8H,7H2,1-2H3,(H2,16,17,20,21). The third-order valence-corrected chi connectivity index (χ3v) is 2.99. The van der Waals surface area contributed by atoms with E-state index in [0.717, 1.165) is 0 Å². The number of nitrogens with one attached hydrogen (secondary N) is 2. The molecule has 3 heterocycles. The number of aromatic amines is 2. The van der Waals surface area contributed by atoms with Crippen LogP contribution in [0.4, 0.5) is 0 Å². The molecule has 3 aromatic heterocycles. The summed E-state index contributed by atoms with van der Waals surface area (Å²) < 4.78 is 7.29. The van der Waals surface area contributed by atoms with Gasteiger partial charge in [-0.05, 0) is 5.92 Å². The van der Waals surface area contributed by atoms with E-state index in [4.69, 9.17) is 4.74 Å². The van der Waals surface area contributed by atoms with E-state index in [9.17, 15) is 9.59 Å². The Labute approximate surface area is 124 Å². The molecule has 8 nitrogen and oxygen atoms in total. The minimum atomic E-state index is -0.561. The highest BCUT2D eigenvalue weighted by Crippen LogP contribution is 2.23. The zero-order chi connectivity index (χ0) is 15.7. The Hall–Kier alpha value is -2.90. The first-order valence-electron chi connectivity index (χ1n) is 6.84. The number of rotatable bonds is 4. The molecule has 0 aliphatic carbocycles. The van der Waals surface area contributed by atoms with Gasteiger partial charge in [-0.2, -0.15) is 5.10 Å². The third-order valence-electron chi connectivity index (χ3n) is 2.99. The van der Waals surface area contributed by atoms with Crippen molar-refractivity contribution in [3.8, 4) is 17.0 Å². The third kappa shape index (κ3) is 2.62. The van der Waals surface area contributed by atoms with Crippen LogP contribution in [0.15, 0.2) is 34.2 Å². The van der Waals surface area contributed by atoms with E-state index in [-0.39, 0.29) is 5.56 Å². The largest absolute Gasteiger partial charge is 0.489 e. The normalized spacial score (nSPS) is 11.2. The average molecular weight is 301 g/mol. The molecule has 0 aromatic carbocycles. The maximum Gasteiger partial charge on any atom is 0.325 e. The molecule has 0 fully saturated rings. The maximum atomic E-state index is 11.9. The predicted molar refractivity (Wildman–Crippen MR) is 80.0 cm³/mol. The fraction of sp³-hybridized carbons (Fsp3) is 0.286. The number of ether oxygens (including phenoxy) is 1. The summed E-state index contributed by atoms with van der Waals surface area (Å²) in [5.74, 6) is 0.886. The van der Waals surface area contributed by atoms with Gasteiger partial charge in [0.25, 0.3) is 5.56 Å². The summed E-state index contributed by atoms with van der Waals surface area (Å²) in [6.07, 6.45) is 4.60. The van der Waals surface area contributed by atoms with Crippen LogP contribution in [-0.4, -0.2) is 31.2 Å². The highest BCUT2D eigenvalue weighted by atomic mass is 16.5. The second-order valence-corrected chi connectivity index (χ2v) is 5.28. The molecule has 22 heavy (non-hydrogen) atoms. The quantitative estimate of drug-likeness (QED) is 0.742. The van der Waals surface area contributed by atoms with Crippen LogP contribution < -0.4 is 16.0 Å². The molecular weight excluding hydrogens is 286 g/mol. The van der Waals surface area contributed by atoms with Gasteiger partial charge in [0, 0.05) is 24.7 Å². The minimum absolute atomic E-state index is 0.254. The first kappa shape index (κ1) is 14.1. The highest BCUT2D eigenvalue weighted by Gasteiger charge is 2.13. The molecule has 0 radical (unpaired) electrons. The van der Waals surface area contributed by atoms with E-state index < -0.39 is 11.2 Å². The van der Waals surface area contributed by atoms with Gasteiger partial charge in [-0.1, -0.05) is 13.8 Å². The van der Waals surface area contributed by atoms with E-state index >= 15 is 0 Å². The van der Waals surface area contributed by atoms with Crippen LogP contribution in [-0.2, 0) is 0 Å². The molecule has 0 atom stereocenters. The molecule has 2 N–H and O–H groups in total. The Morgan fingerprint density at radius 3 is 2.91 bits per heavy atom. The molecule has 8 heteroatoms. The van der Waals surface area contributed by atoms with Gasteiger partial charge >= 0.3 is 5.69 Å². The van der Waals surface area contributed by atoms with Gasteiger partial charge in [-0.25, -0.2) is 14.3 Å². The number of H-pyrrole nitrogens is 2. The topological polar surface area (TPSA) is 105 Å². The van der Waals surface area contributed by atoms with Crippen molar-refractivity contribution in [2.75, 3.05) is 6.61 Å². The Balaban J connectivity index is 2.14. The van der Waals surface area contributed by atoms with Crippen LogP contribution in [0.25, 0.3) is 16.9 Å². The zero-order valence-corrected chi connectivity index (χ0v) is 12.2. The number of hydrogen-bond acceptors (Lipinski definition) is 5. The molecule has 0 spiro atoms. The van der Waals surface area contributed by atoms with Gasteiger partial charge in [0.05, 0.1) is 12.2 Å². The average Bonchev–Trinajstić information content (AvgIpc) is 2.93. The summed E-state index contributed by atoms with van der Waals surface area (Å²) in [5.41, 5.74) is 0.149. The first-order valence-corrected chi connectivity index (χ1v) is 6.84. The lowest BCUT2D eigenvalue weighted by molar-refractivity contribution is 0.272. The summed E-state index contributed by atoms with van der Waals surface area (Å²) in [4.78, 5) is 31.8. The number of hydrogen-bond donors (Lipinski definition) is 2. The van der Waals surface area contributed by atoms with Crippen LogP contribution in [0.3, 0.4) is 0 Å². The molecule has 3 rings (SSSR count). The lowest BCUT2D eigenvalue weighted by Gasteiger charge is -2.10. The van der Waals surface area contributed by atoms with E-state index in [2.05, 4.69) is 20.1 Å². The number of nitrogens with zero attached hydrogens (tertiary/aromatic N) is 3. The van der Waals surface area contributed by atoms with Crippen molar-refractivity contribution in [1.29, 1.82) is 0 Å². The van der Waals surface area contributed by atoms with E-state index in [1.165, 1.54) is 10.7 Å². The van der Waals surface area contributed by atoms with E-state index in [0.29, 0.717) is 29.6 Å². The van der Waals surface area contributed by atoms with Crippen LogP contribution in [0, 0.1) is 5.92 Å². The lowest BCUT2D eigenvalue weighted by atomic mass is 10.2. The van der Waals surface area contributed by atoms with Gasteiger partial charge < -0.3 is 9.72 Å². The Morgan fingerprint density at radius 1 is 1.36 bits per heavy atom. The Bertz CT molecular complexity index is 922. The molecule has 0 aliphatic rings. The van der Waals surface area contributed by atoms with Crippen LogP contribution >= 0.6 is 0 Å². The molecule has 0 saturated heterocycles. The maximum absolute atomic E-state index is 11.9. The van der Waals surface area contributed by atoms with Gasteiger partial charge in [-0.3, -0.25) is 9.78 Å². The van der Waals surface area contributed by atoms with Crippen molar-refractivity contribution in [3.63, 3.8) is 0 Å². The Morgan fingerprint density at radius 2 is 2.18 bits per heavy atom. The van der Waals surface area contributed by atoms with Crippen molar-refractivity contribution < 1.29 is 4.74 Å². The van der Waals surface area contributed by atoms with Crippen molar-refractivity contribution in [1.82, 2.24) is 24.6 Å². The molecule has 114 valence electrons. The van der Waals surface area contributed by atoms with Crippen molar-refractivity contribution in [2.24, 2.45) is 5.92 Å². The van der Waals surface area contributed by atoms with E-state index in [1.807, 2.05) is 13.8 Å². The van der Waals surface area contributed by atoms with Gasteiger partial charge in [0.15, 0.2) is 11.4 Å². The smallest absolute Gasteiger partial charge is 0.325 e. The lowest BCUT2D eigenvalue weighted by Crippen LogP contribution is -2.23. The fourth-order valence-electron chi connectivity index (χ4n) is 1.98.